The third kappa shape index (κ3) is 4.22. The first-order chi connectivity index (χ1) is 6.90. The number of benzene rings is 1. The summed E-state index contributed by atoms with van der Waals surface area (Å²) in [7, 11) is 2.09. The number of hydrogen-bond acceptors (Lipinski definition) is 2. The lowest BCUT2D eigenvalue weighted by atomic mass is 10.0. The summed E-state index contributed by atoms with van der Waals surface area (Å²) >= 11 is 3.54. The maximum Gasteiger partial charge on any atom is 0.0508 e. The highest BCUT2D eigenvalue weighted by molar-refractivity contribution is 9.10. The molecule has 0 heterocycles. The quantitative estimate of drug-likeness (QED) is 0.912. The SMILES string of the molecule is CN(CCC(C)(C)N)c1ccccc1Br. The Morgan fingerprint density at radius 1 is 1.33 bits per heavy atom. The van der Waals surface area contributed by atoms with Gasteiger partial charge in [-0.15, -0.1) is 0 Å². The van der Waals surface area contributed by atoms with Gasteiger partial charge in [0.1, 0.15) is 0 Å². The fourth-order valence-electron chi connectivity index (χ4n) is 1.34. The predicted octanol–water partition coefficient (Wildman–Crippen LogP) is 3.01. The van der Waals surface area contributed by atoms with Crippen LogP contribution in [-0.2, 0) is 0 Å². The predicted molar refractivity (Wildman–Crippen MR) is 70.3 cm³/mol. The van der Waals surface area contributed by atoms with E-state index in [4.69, 9.17) is 5.73 Å². The molecule has 84 valence electrons. The zero-order chi connectivity index (χ0) is 11.5. The Balaban J connectivity index is 2.62. The first-order valence-corrected chi connectivity index (χ1v) is 5.94. The highest BCUT2D eigenvalue weighted by Gasteiger charge is 2.12. The van der Waals surface area contributed by atoms with E-state index in [2.05, 4.69) is 53.9 Å². The molecule has 0 aromatic heterocycles. The highest BCUT2D eigenvalue weighted by atomic mass is 79.9. The van der Waals surface area contributed by atoms with Gasteiger partial charge in [0.25, 0.3) is 0 Å². The van der Waals surface area contributed by atoms with Crippen molar-refractivity contribution in [1.82, 2.24) is 0 Å². The fourth-order valence-corrected chi connectivity index (χ4v) is 1.93. The van der Waals surface area contributed by atoms with Crippen LogP contribution in [0.15, 0.2) is 28.7 Å². The second-order valence-electron chi connectivity index (χ2n) is 4.61. The van der Waals surface area contributed by atoms with Crippen LogP contribution < -0.4 is 10.6 Å². The summed E-state index contributed by atoms with van der Waals surface area (Å²) in [5, 5.41) is 0. The van der Waals surface area contributed by atoms with Crippen molar-refractivity contribution in [1.29, 1.82) is 0 Å². The molecule has 0 aliphatic rings. The lowest BCUT2D eigenvalue weighted by molar-refractivity contribution is 0.479. The molecule has 1 aromatic carbocycles. The van der Waals surface area contributed by atoms with Crippen molar-refractivity contribution in [3.63, 3.8) is 0 Å². The number of anilines is 1. The van der Waals surface area contributed by atoms with Crippen LogP contribution in [0.1, 0.15) is 20.3 Å². The standard InChI is InChI=1S/C12H19BrN2/c1-12(2,14)8-9-15(3)11-7-5-4-6-10(11)13/h4-7H,8-9,14H2,1-3H3. The fraction of sp³-hybridized carbons (Fsp3) is 0.500. The van der Waals surface area contributed by atoms with Gasteiger partial charge in [0.15, 0.2) is 0 Å². The number of halogens is 1. The van der Waals surface area contributed by atoms with Crippen molar-refractivity contribution in [2.45, 2.75) is 25.8 Å². The van der Waals surface area contributed by atoms with Crippen molar-refractivity contribution in [3.8, 4) is 0 Å². The molecule has 1 aromatic rings. The van der Waals surface area contributed by atoms with Crippen LogP contribution in [0.2, 0.25) is 0 Å². The molecular formula is C12H19BrN2. The summed E-state index contributed by atoms with van der Waals surface area (Å²) in [6.45, 7) is 5.08. The van der Waals surface area contributed by atoms with Crippen molar-refractivity contribution in [2.75, 3.05) is 18.5 Å². The molecular weight excluding hydrogens is 252 g/mol. The number of rotatable bonds is 4. The van der Waals surface area contributed by atoms with E-state index in [0.717, 1.165) is 17.4 Å². The number of hydrogen-bond donors (Lipinski definition) is 1. The third-order valence-electron chi connectivity index (χ3n) is 2.36. The van der Waals surface area contributed by atoms with Crippen LogP contribution in [0.3, 0.4) is 0 Å². The van der Waals surface area contributed by atoms with Crippen LogP contribution in [0.4, 0.5) is 5.69 Å². The van der Waals surface area contributed by atoms with E-state index in [1.165, 1.54) is 5.69 Å². The maximum atomic E-state index is 5.96. The molecule has 1 rings (SSSR count). The summed E-state index contributed by atoms with van der Waals surface area (Å²) < 4.78 is 1.13. The van der Waals surface area contributed by atoms with E-state index in [-0.39, 0.29) is 5.54 Å². The van der Waals surface area contributed by atoms with Gasteiger partial charge in [-0.25, -0.2) is 0 Å². The van der Waals surface area contributed by atoms with Gasteiger partial charge < -0.3 is 10.6 Å². The van der Waals surface area contributed by atoms with Crippen LogP contribution in [0, 0.1) is 0 Å². The lowest BCUT2D eigenvalue weighted by Crippen LogP contribution is -2.36. The van der Waals surface area contributed by atoms with E-state index in [1.807, 2.05) is 12.1 Å². The van der Waals surface area contributed by atoms with E-state index >= 15 is 0 Å². The summed E-state index contributed by atoms with van der Waals surface area (Å²) in [5.41, 5.74) is 7.07. The highest BCUT2D eigenvalue weighted by Crippen LogP contribution is 2.25. The number of nitrogens with two attached hydrogens (primary N) is 1. The molecule has 0 unspecified atom stereocenters. The first kappa shape index (κ1) is 12.5. The second-order valence-corrected chi connectivity index (χ2v) is 5.47. The maximum absolute atomic E-state index is 5.96. The first-order valence-electron chi connectivity index (χ1n) is 5.15. The normalized spacial score (nSPS) is 11.5. The third-order valence-corrected chi connectivity index (χ3v) is 3.03. The van der Waals surface area contributed by atoms with Gasteiger partial charge in [-0.1, -0.05) is 12.1 Å². The Morgan fingerprint density at radius 3 is 2.47 bits per heavy atom. The van der Waals surface area contributed by atoms with Crippen molar-refractivity contribution in [2.24, 2.45) is 5.73 Å². The molecule has 0 atom stereocenters. The molecule has 0 spiro atoms. The minimum absolute atomic E-state index is 0.102. The van der Waals surface area contributed by atoms with Gasteiger partial charge in [-0.05, 0) is 48.3 Å². The van der Waals surface area contributed by atoms with E-state index in [9.17, 15) is 0 Å². The average molecular weight is 271 g/mol. The Hall–Kier alpha value is -0.540. The second kappa shape index (κ2) is 4.99. The Morgan fingerprint density at radius 2 is 1.93 bits per heavy atom. The lowest BCUT2D eigenvalue weighted by Gasteiger charge is -2.25. The van der Waals surface area contributed by atoms with Crippen LogP contribution in [0.5, 0.6) is 0 Å². The topological polar surface area (TPSA) is 29.3 Å². The largest absolute Gasteiger partial charge is 0.374 e. The Bertz CT molecular complexity index is 318. The molecule has 3 heteroatoms. The zero-order valence-corrected chi connectivity index (χ0v) is 11.2. The minimum atomic E-state index is -0.102. The zero-order valence-electron chi connectivity index (χ0n) is 9.63. The molecule has 0 saturated carbocycles. The smallest absolute Gasteiger partial charge is 0.0508 e. The van der Waals surface area contributed by atoms with Gasteiger partial charge in [-0.3, -0.25) is 0 Å². The Labute approximate surface area is 101 Å². The molecule has 0 bridgehead atoms. The van der Waals surface area contributed by atoms with Gasteiger partial charge >= 0.3 is 0 Å². The van der Waals surface area contributed by atoms with Gasteiger partial charge in [-0.2, -0.15) is 0 Å². The molecule has 0 fully saturated rings. The van der Waals surface area contributed by atoms with Crippen LogP contribution in [0.25, 0.3) is 0 Å². The van der Waals surface area contributed by atoms with Crippen LogP contribution in [-0.4, -0.2) is 19.1 Å². The molecule has 0 amide bonds. The number of para-hydroxylation sites is 1. The van der Waals surface area contributed by atoms with Crippen molar-refractivity contribution in [3.05, 3.63) is 28.7 Å². The van der Waals surface area contributed by atoms with Gasteiger partial charge in [0.05, 0.1) is 5.69 Å². The monoisotopic (exact) mass is 270 g/mol. The molecule has 0 saturated heterocycles. The number of nitrogens with zero attached hydrogens (tertiary/aromatic N) is 1. The van der Waals surface area contributed by atoms with E-state index < -0.39 is 0 Å². The molecule has 0 aliphatic carbocycles. The summed E-state index contributed by atoms with van der Waals surface area (Å²) in [6.07, 6.45) is 0.977. The molecule has 0 radical (unpaired) electrons. The summed E-state index contributed by atoms with van der Waals surface area (Å²) in [5.74, 6) is 0. The average Bonchev–Trinajstić information content (AvgIpc) is 2.14. The van der Waals surface area contributed by atoms with E-state index in [1.54, 1.807) is 0 Å². The van der Waals surface area contributed by atoms with E-state index in [0.29, 0.717) is 0 Å². The summed E-state index contributed by atoms with van der Waals surface area (Å²) in [6, 6.07) is 8.23. The van der Waals surface area contributed by atoms with Gasteiger partial charge in [0, 0.05) is 23.6 Å². The molecule has 0 aliphatic heterocycles. The van der Waals surface area contributed by atoms with Crippen LogP contribution >= 0.6 is 15.9 Å². The van der Waals surface area contributed by atoms with Crippen molar-refractivity contribution < 1.29 is 0 Å². The Kier molecular flexibility index (Phi) is 4.17. The molecule has 2 nitrogen and oxygen atoms in total. The molecule has 2 N–H and O–H groups in total. The molecule has 15 heavy (non-hydrogen) atoms. The summed E-state index contributed by atoms with van der Waals surface area (Å²) in [4.78, 5) is 2.22. The van der Waals surface area contributed by atoms with Gasteiger partial charge in [0.2, 0.25) is 0 Å². The van der Waals surface area contributed by atoms with Crippen molar-refractivity contribution >= 4 is 21.6 Å². The minimum Gasteiger partial charge on any atom is -0.374 e.